The molecule has 2 rings (SSSR count). The molecule has 0 amide bonds. The van der Waals surface area contributed by atoms with Gasteiger partial charge in [0, 0.05) is 5.02 Å². The highest BCUT2D eigenvalue weighted by molar-refractivity contribution is 6.30. The highest BCUT2D eigenvalue weighted by atomic mass is 35.5. The molecule has 0 N–H and O–H groups in total. The molecule has 94 valence electrons. The van der Waals surface area contributed by atoms with Crippen molar-refractivity contribution in [2.24, 2.45) is 5.92 Å². The van der Waals surface area contributed by atoms with Gasteiger partial charge < -0.3 is 4.74 Å². The van der Waals surface area contributed by atoms with Crippen molar-refractivity contribution in [1.82, 2.24) is 0 Å². The number of halogens is 1. The molecule has 0 saturated heterocycles. The van der Waals surface area contributed by atoms with Crippen molar-refractivity contribution in [2.75, 3.05) is 0 Å². The Labute approximate surface area is 109 Å². The molecule has 1 aromatic rings. The fraction of sp³-hybridized carbons (Fsp3) is 0.600. The molecular formula is C15H21ClO. The Morgan fingerprint density at radius 3 is 2.41 bits per heavy atom. The molecule has 1 aromatic carbocycles. The Kier molecular flexibility index (Phi) is 4.11. The SMILES string of the molecule is CC1CCC(C)(OCc2ccc(Cl)cc2)CC1. The zero-order chi connectivity index (χ0) is 12.3. The third-order valence-electron chi connectivity index (χ3n) is 3.83. The minimum absolute atomic E-state index is 0.0755. The molecule has 0 radical (unpaired) electrons. The Morgan fingerprint density at radius 1 is 1.24 bits per heavy atom. The van der Waals surface area contributed by atoms with Crippen LogP contribution in [0.5, 0.6) is 0 Å². The van der Waals surface area contributed by atoms with Crippen LogP contribution >= 0.6 is 11.6 Å². The van der Waals surface area contributed by atoms with E-state index < -0.39 is 0 Å². The van der Waals surface area contributed by atoms with Crippen molar-refractivity contribution < 1.29 is 4.74 Å². The average Bonchev–Trinajstić information content (AvgIpc) is 2.33. The lowest BCUT2D eigenvalue weighted by atomic mass is 9.80. The summed E-state index contributed by atoms with van der Waals surface area (Å²) in [4.78, 5) is 0. The van der Waals surface area contributed by atoms with Crippen LogP contribution in [-0.2, 0) is 11.3 Å². The van der Waals surface area contributed by atoms with E-state index in [1.807, 2.05) is 24.3 Å². The van der Waals surface area contributed by atoms with Crippen molar-refractivity contribution in [2.45, 2.75) is 51.7 Å². The normalized spacial score (nSPS) is 29.2. The Balaban J connectivity index is 1.87. The number of rotatable bonds is 3. The zero-order valence-corrected chi connectivity index (χ0v) is 11.5. The van der Waals surface area contributed by atoms with Crippen molar-refractivity contribution >= 4 is 11.6 Å². The van der Waals surface area contributed by atoms with Crippen LogP contribution in [0.1, 0.15) is 45.1 Å². The lowest BCUT2D eigenvalue weighted by Gasteiger charge is -2.36. The highest BCUT2D eigenvalue weighted by Crippen LogP contribution is 2.34. The maximum atomic E-state index is 6.10. The maximum absolute atomic E-state index is 6.10. The van der Waals surface area contributed by atoms with Gasteiger partial charge in [-0.15, -0.1) is 0 Å². The summed E-state index contributed by atoms with van der Waals surface area (Å²) in [6, 6.07) is 7.92. The molecule has 1 aliphatic rings. The molecule has 0 spiro atoms. The number of hydrogen-bond acceptors (Lipinski definition) is 1. The van der Waals surface area contributed by atoms with Gasteiger partial charge in [0.15, 0.2) is 0 Å². The topological polar surface area (TPSA) is 9.23 Å². The molecular weight excluding hydrogens is 232 g/mol. The van der Waals surface area contributed by atoms with Crippen molar-refractivity contribution in [3.05, 3.63) is 34.9 Å². The van der Waals surface area contributed by atoms with Crippen LogP contribution in [-0.4, -0.2) is 5.60 Å². The lowest BCUT2D eigenvalue weighted by molar-refractivity contribution is -0.0733. The van der Waals surface area contributed by atoms with Crippen molar-refractivity contribution in [3.8, 4) is 0 Å². The van der Waals surface area contributed by atoms with E-state index in [1.54, 1.807) is 0 Å². The third-order valence-corrected chi connectivity index (χ3v) is 4.08. The first-order valence-corrected chi connectivity index (χ1v) is 6.84. The van der Waals surface area contributed by atoms with Gasteiger partial charge in [0.25, 0.3) is 0 Å². The van der Waals surface area contributed by atoms with E-state index in [0.717, 1.165) is 10.9 Å². The van der Waals surface area contributed by atoms with Gasteiger partial charge in [-0.1, -0.05) is 30.7 Å². The second kappa shape index (κ2) is 5.41. The molecule has 2 heteroatoms. The van der Waals surface area contributed by atoms with Crippen LogP contribution in [0.25, 0.3) is 0 Å². The van der Waals surface area contributed by atoms with E-state index in [1.165, 1.54) is 31.2 Å². The largest absolute Gasteiger partial charge is 0.371 e. The summed E-state index contributed by atoms with van der Waals surface area (Å²) >= 11 is 5.86. The predicted octanol–water partition coefficient (Wildman–Crippen LogP) is 4.83. The predicted molar refractivity (Wildman–Crippen MR) is 72.3 cm³/mol. The highest BCUT2D eigenvalue weighted by Gasteiger charge is 2.30. The van der Waals surface area contributed by atoms with E-state index in [-0.39, 0.29) is 5.60 Å². The Morgan fingerprint density at radius 2 is 1.82 bits per heavy atom. The van der Waals surface area contributed by atoms with Crippen molar-refractivity contribution in [1.29, 1.82) is 0 Å². The smallest absolute Gasteiger partial charge is 0.0724 e. The zero-order valence-electron chi connectivity index (χ0n) is 10.7. The quantitative estimate of drug-likeness (QED) is 0.749. The molecule has 0 heterocycles. The first-order valence-electron chi connectivity index (χ1n) is 6.46. The van der Waals surface area contributed by atoms with Gasteiger partial charge in [-0.05, 0) is 56.2 Å². The molecule has 1 nitrogen and oxygen atoms in total. The average molecular weight is 253 g/mol. The molecule has 1 saturated carbocycles. The van der Waals surface area contributed by atoms with Crippen LogP contribution in [0.15, 0.2) is 24.3 Å². The van der Waals surface area contributed by atoms with Gasteiger partial charge in [0.2, 0.25) is 0 Å². The van der Waals surface area contributed by atoms with Crippen molar-refractivity contribution in [3.63, 3.8) is 0 Å². The first kappa shape index (κ1) is 12.9. The summed E-state index contributed by atoms with van der Waals surface area (Å²) in [7, 11) is 0. The van der Waals surface area contributed by atoms with E-state index in [4.69, 9.17) is 16.3 Å². The van der Waals surface area contributed by atoms with E-state index in [0.29, 0.717) is 6.61 Å². The first-order chi connectivity index (χ1) is 8.07. The molecule has 0 unspecified atom stereocenters. The van der Waals surface area contributed by atoms with Crippen LogP contribution in [0.2, 0.25) is 5.02 Å². The lowest BCUT2D eigenvalue weighted by Crippen LogP contribution is -2.33. The summed E-state index contributed by atoms with van der Waals surface area (Å²) in [6.45, 7) is 5.27. The van der Waals surface area contributed by atoms with E-state index in [2.05, 4.69) is 13.8 Å². The van der Waals surface area contributed by atoms with Gasteiger partial charge in [0.05, 0.1) is 12.2 Å². The van der Waals surface area contributed by atoms with E-state index >= 15 is 0 Å². The summed E-state index contributed by atoms with van der Waals surface area (Å²) in [5.74, 6) is 0.863. The molecule has 1 aliphatic carbocycles. The van der Waals surface area contributed by atoms with Gasteiger partial charge in [-0.2, -0.15) is 0 Å². The third kappa shape index (κ3) is 3.72. The Hall–Kier alpha value is -0.530. The fourth-order valence-corrected chi connectivity index (χ4v) is 2.48. The number of hydrogen-bond donors (Lipinski definition) is 0. The Bertz CT molecular complexity index is 350. The second-order valence-electron chi connectivity index (χ2n) is 5.55. The van der Waals surface area contributed by atoms with E-state index in [9.17, 15) is 0 Å². The summed E-state index contributed by atoms with van der Waals surface area (Å²) in [5, 5.41) is 0.784. The summed E-state index contributed by atoms with van der Waals surface area (Å²) in [5.41, 5.74) is 1.28. The van der Waals surface area contributed by atoms with Crippen LogP contribution in [0.4, 0.5) is 0 Å². The minimum Gasteiger partial charge on any atom is -0.371 e. The van der Waals surface area contributed by atoms with Gasteiger partial charge in [-0.25, -0.2) is 0 Å². The summed E-state index contributed by atoms with van der Waals surface area (Å²) in [6.07, 6.45) is 4.94. The maximum Gasteiger partial charge on any atom is 0.0724 e. The summed E-state index contributed by atoms with van der Waals surface area (Å²) < 4.78 is 6.10. The second-order valence-corrected chi connectivity index (χ2v) is 5.98. The minimum atomic E-state index is 0.0755. The van der Waals surface area contributed by atoms with Crippen LogP contribution in [0, 0.1) is 5.92 Å². The van der Waals surface area contributed by atoms with Gasteiger partial charge >= 0.3 is 0 Å². The molecule has 0 aromatic heterocycles. The molecule has 17 heavy (non-hydrogen) atoms. The number of benzene rings is 1. The van der Waals surface area contributed by atoms with Gasteiger partial charge in [0.1, 0.15) is 0 Å². The molecule has 0 atom stereocenters. The molecule has 1 fully saturated rings. The molecule has 0 aliphatic heterocycles. The fourth-order valence-electron chi connectivity index (χ4n) is 2.36. The van der Waals surface area contributed by atoms with Gasteiger partial charge in [-0.3, -0.25) is 0 Å². The van der Waals surface area contributed by atoms with Crippen LogP contribution < -0.4 is 0 Å². The molecule has 0 bridgehead atoms. The van der Waals surface area contributed by atoms with Crippen LogP contribution in [0.3, 0.4) is 0 Å². The monoisotopic (exact) mass is 252 g/mol. The standard InChI is InChI=1S/C15H21ClO/c1-12-7-9-15(2,10-8-12)17-11-13-3-5-14(16)6-4-13/h3-6,12H,7-11H2,1-2H3. The number of ether oxygens (including phenoxy) is 1.